The summed E-state index contributed by atoms with van der Waals surface area (Å²) < 4.78 is 1.66. The van der Waals surface area contributed by atoms with Gasteiger partial charge in [-0.2, -0.15) is 5.10 Å². The third kappa shape index (κ3) is 3.24. The van der Waals surface area contributed by atoms with Gasteiger partial charge in [0.2, 0.25) is 0 Å². The van der Waals surface area contributed by atoms with Crippen molar-refractivity contribution in [2.24, 2.45) is 12.8 Å². The van der Waals surface area contributed by atoms with E-state index in [0.29, 0.717) is 17.0 Å². The molecular formula is C14H23N5OS. The van der Waals surface area contributed by atoms with E-state index in [1.807, 2.05) is 14.0 Å². The second kappa shape index (κ2) is 6.11. The number of amides is 1. The number of nitrogens with two attached hydrogens (primary N) is 1. The number of aromatic nitrogens is 2. The molecule has 0 radical (unpaired) electrons. The zero-order valence-electron chi connectivity index (χ0n) is 12.8. The van der Waals surface area contributed by atoms with Crippen molar-refractivity contribution in [3.05, 3.63) is 17.5 Å². The van der Waals surface area contributed by atoms with Gasteiger partial charge in [-0.25, -0.2) is 0 Å². The number of rotatable bonds is 4. The lowest BCUT2D eigenvalue weighted by atomic mass is 9.87. The van der Waals surface area contributed by atoms with Crippen LogP contribution in [0.25, 0.3) is 0 Å². The molecule has 3 N–H and O–H groups in total. The van der Waals surface area contributed by atoms with E-state index in [4.69, 9.17) is 18.0 Å². The van der Waals surface area contributed by atoms with Crippen molar-refractivity contribution in [2.75, 3.05) is 20.1 Å². The molecule has 6 nitrogen and oxygen atoms in total. The third-order valence-electron chi connectivity index (χ3n) is 4.15. The minimum Gasteiger partial charge on any atom is -0.391 e. The molecule has 0 atom stereocenters. The third-order valence-corrected chi connectivity index (χ3v) is 4.54. The Kier molecular flexibility index (Phi) is 4.63. The number of aryl methyl sites for hydroxylation is 2. The van der Waals surface area contributed by atoms with E-state index < -0.39 is 5.54 Å². The minimum absolute atomic E-state index is 0.141. The van der Waals surface area contributed by atoms with Crippen LogP contribution in [0.15, 0.2) is 6.20 Å². The first-order chi connectivity index (χ1) is 9.88. The molecule has 21 heavy (non-hydrogen) atoms. The average molecular weight is 309 g/mol. The standard InChI is InChI=1S/C14H23N5OS/c1-4-11-10(9-19(3)17-11)12(20)16-14(13(15)21)5-7-18(2)8-6-14/h9H,4-8H2,1-3H3,(H2,15,21)(H,16,20). The van der Waals surface area contributed by atoms with Gasteiger partial charge in [-0.05, 0) is 26.3 Å². The zero-order valence-corrected chi connectivity index (χ0v) is 13.7. The number of likely N-dealkylation sites (tertiary alicyclic amines) is 1. The largest absolute Gasteiger partial charge is 0.391 e. The van der Waals surface area contributed by atoms with Gasteiger partial charge < -0.3 is 16.0 Å². The number of hydrogen-bond acceptors (Lipinski definition) is 4. The van der Waals surface area contributed by atoms with Gasteiger partial charge in [-0.1, -0.05) is 19.1 Å². The predicted octanol–water partition coefficient (Wildman–Crippen LogP) is 0.463. The Bertz CT molecular complexity index is 546. The van der Waals surface area contributed by atoms with Gasteiger partial charge in [0.05, 0.1) is 21.8 Å². The van der Waals surface area contributed by atoms with Gasteiger partial charge in [0, 0.05) is 26.3 Å². The summed E-state index contributed by atoms with van der Waals surface area (Å²) in [7, 11) is 3.87. The molecule has 1 aromatic rings. The first kappa shape index (κ1) is 15.9. The molecule has 7 heteroatoms. The highest BCUT2D eigenvalue weighted by Gasteiger charge is 2.38. The minimum atomic E-state index is -0.584. The fourth-order valence-corrected chi connectivity index (χ4v) is 2.96. The van der Waals surface area contributed by atoms with Crippen LogP contribution in [0.2, 0.25) is 0 Å². The van der Waals surface area contributed by atoms with E-state index in [-0.39, 0.29) is 5.91 Å². The maximum atomic E-state index is 12.6. The molecule has 2 rings (SSSR count). The number of carbonyl (C=O) groups excluding carboxylic acids is 1. The fourth-order valence-electron chi connectivity index (χ4n) is 2.70. The van der Waals surface area contributed by atoms with Crippen molar-refractivity contribution in [1.29, 1.82) is 0 Å². The van der Waals surface area contributed by atoms with E-state index in [1.165, 1.54) is 0 Å². The Hall–Kier alpha value is -1.47. The van der Waals surface area contributed by atoms with Gasteiger partial charge >= 0.3 is 0 Å². The molecule has 0 unspecified atom stereocenters. The smallest absolute Gasteiger partial charge is 0.255 e. The molecular weight excluding hydrogens is 286 g/mol. The average Bonchev–Trinajstić information content (AvgIpc) is 2.82. The molecule has 1 saturated heterocycles. The zero-order chi connectivity index (χ0) is 15.6. The first-order valence-electron chi connectivity index (χ1n) is 7.21. The summed E-state index contributed by atoms with van der Waals surface area (Å²) >= 11 is 5.22. The highest BCUT2D eigenvalue weighted by atomic mass is 32.1. The van der Waals surface area contributed by atoms with Gasteiger partial charge in [-0.15, -0.1) is 0 Å². The van der Waals surface area contributed by atoms with E-state index >= 15 is 0 Å². The van der Waals surface area contributed by atoms with Crippen molar-refractivity contribution in [3.63, 3.8) is 0 Å². The number of hydrogen-bond donors (Lipinski definition) is 2. The van der Waals surface area contributed by atoms with Crippen LogP contribution in [-0.4, -0.2) is 51.3 Å². The lowest BCUT2D eigenvalue weighted by molar-refractivity contribution is 0.0889. The molecule has 0 aromatic carbocycles. The molecule has 0 saturated carbocycles. The van der Waals surface area contributed by atoms with Crippen molar-refractivity contribution in [1.82, 2.24) is 20.0 Å². The van der Waals surface area contributed by atoms with Gasteiger partial charge in [-0.3, -0.25) is 9.48 Å². The lowest BCUT2D eigenvalue weighted by Gasteiger charge is -2.40. The van der Waals surface area contributed by atoms with Crippen LogP contribution in [0, 0.1) is 0 Å². The molecule has 2 heterocycles. The summed E-state index contributed by atoms with van der Waals surface area (Å²) in [6.45, 7) is 3.72. The molecule has 1 aromatic heterocycles. The van der Waals surface area contributed by atoms with Crippen LogP contribution in [-0.2, 0) is 13.5 Å². The van der Waals surface area contributed by atoms with Crippen LogP contribution in [0.4, 0.5) is 0 Å². The fraction of sp³-hybridized carbons (Fsp3) is 0.643. The monoisotopic (exact) mass is 309 g/mol. The van der Waals surface area contributed by atoms with Crippen molar-refractivity contribution >= 4 is 23.1 Å². The quantitative estimate of drug-likeness (QED) is 0.791. The molecule has 0 spiro atoms. The summed E-state index contributed by atoms with van der Waals surface area (Å²) in [5.41, 5.74) is 6.74. The van der Waals surface area contributed by atoms with Crippen LogP contribution in [0.5, 0.6) is 0 Å². The molecule has 1 aliphatic rings. The number of nitrogens with one attached hydrogen (secondary N) is 1. The lowest BCUT2D eigenvalue weighted by Crippen LogP contribution is -2.61. The van der Waals surface area contributed by atoms with Gasteiger partial charge in [0.1, 0.15) is 0 Å². The van der Waals surface area contributed by atoms with Gasteiger partial charge in [0.15, 0.2) is 0 Å². The van der Waals surface area contributed by atoms with Crippen molar-refractivity contribution in [2.45, 2.75) is 31.7 Å². The Balaban J connectivity index is 2.21. The second-order valence-corrected chi connectivity index (χ2v) is 6.16. The van der Waals surface area contributed by atoms with Crippen LogP contribution >= 0.6 is 12.2 Å². The normalized spacial score (nSPS) is 18.4. The summed E-state index contributed by atoms with van der Waals surface area (Å²) in [4.78, 5) is 15.2. The van der Waals surface area contributed by atoms with E-state index in [0.717, 1.165) is 31.6 Å². The summed E-state index contributed by atoms with van der Waals surface area (Å²) in [5.74, 6) is -0.141. The molecule has 116 valence electrons. The maximum absolute atomic E-state index is 12.6. The summed E-state index contributed by atoms with van der Waals surface area (Å²) in [6.07, 6.45) is 3.95. The topological polar surface area (TPSA) is 76.2 Å². The van der Waals surface area contributed by atoms with Crippen LogP contribution < -0.4 is 11.1 Å². The van der Waals surface area contributed by atoms with Crippen molar-refractivity contribution in [3.8, 4) is 0 Å². The Labute approximate surface area is 130 Å². The Morgan fingerprint density at radius 2 is 2.10 bits per heavy atom. The number of thiocarbonyl (C=S) groups is 1. The predicted molar refractivity (Wildman–Crippen MR) is 86.3 cm³/mol. The van der Waals surface area contributed by atoms with Crippen LogP contribution in [0.1, 0.15) is 35.8 Å². The SMILES string of the molecule is CCc1nn(C)cc1C(=O)NC1(C(N)=S)CCN(C)CC1. The van der Waals surface area contributed by atoms with Crippen molar-refractivity contribution < 1.29 is 4.79 Å². The summed E-state index contributed by atoms with van der Waals surface area (Å²) in [5, 5.41) is 7.38. The van der Waals surface area contributed by atoms with Gasteiger partial charge in [0.25, 0.3) is 5.91 Å². The highest BCUT2D eigenvalue weighted by Crippen LogP contribution is 2.23. The number of nitrogens with zero attached hydrogens (tertiary/aromatic N) is 3. The summed E-state index contributed by atoms with van der Waals surface area (Å²) in [6, 6.07) is 0. The number of carbonyl (C=O) groups is 1. The van der Waals surface area contributed by atoms with Crippen LogP contribution in [0.3, 0.4) is 0 Å². The number of piperidine rings is 1. The Morgan fingerprint density at radius 1 is 1.48 bits per heavy atom. The maximum Gasteiger partial charge on any atom is 0.255 e. The van der Waals surface area contributed by atoms with E-state index in [2.05, 4.69) is 22.4 Å². The molecule has 0 aliphatic carbocycles. The Morgan fingerprint density at radius 3 is 2.62 bits per heavy atom. The molecule has 1 amide bonds. The second-order valence-electron chi connectivity index (χ2n) is 5.72. The van der Waals surface area contributed by atoms with E-state index in [1.54, 1.807) is 10.9 Å². The highest BCUT2D eigenvalue weighted by molar-refractivity contribution is 7.80. The first-order valence-corrected chi connectivity index (χ1v) is 7.62. The molecule has 1 fully saturated rings. The molecule has 1 aliphatic heterocycles. The molecule has 0 bridgehead atoms. The van der Waals surface area contributed by atoms with E-state index in [9.17, 15) is 4.79 Å².